The van der Waals surface area contributed by atoms with Crippen molar-refractivity contribution in [2.75, 3.05) is 27.2 Å². The number of benzene rings is 2. The number of amides is 1. The molecule has 1 amide bonds. The Hall–Kier alpha value is -2.22. The van der Waals surface area contributed by atoms with Gasteiger partial charge in [-0.3, -0.25) is 4.79 Å². The van der Waals surface area contributed by atoms with E-state index in [-0.39, 0.29) is 24.4 Å². The summed E-state index contributed by atoms with van der Waals surface area (Å²) in [5.41, 5.74) is 1.99. The molecule has 2 aromatic carbocycles. The lowest BCUT2D eigenvalue weighted by molar-refractivity contribution is -0.126. The molecule has 1 N–H and O–H groups in total. The number of nitrogens with zero attached hydrogens (tertiary/aromatic N) is 2. The minimum absolute atomic E-state index is 0.114. The molecule has 0 spiro atoms. The third-order valence-electron chi connectivity index (χ3n) is 5.10. The van der Waals surface area contributed by atoms with E-state index in [1.165, 1.54) is 22.7 Å². The van der Waals surface area contributed by atoms with Gasteiger partial charge < -0.3 is 5.32 Å². The zero-order valence-electron chi connectivity index (χ0n) is 16.3. The van der Waals surface area contributed by atoms with E-state index in [0.29, 0.717) is 19.4 Å². The van der Waals surface area contributed by atoms with Gasteiger partial charge in [-0.05, 0) is 24.0 Å². The highest BCUT2D eigenvalue weighted by Crippen LogP contribution is 2.25. The Morgan fingerprint density at radius 3 is 2.07 bits per heavy atom. The maximum atomic E-state index is 13.1. The summed E-state index contributed by atoms with van der Waals surface area (Å²) in [6.07, 6.45) is 1.36. The Morgan fingerprint density at radius 1 is 1.04 bits per heavy atom. The van der Waals surface area contributed by atoms with Crippen molar-refractivity contribution in [2.24, 2.45) is 5.92 Å². The molecule has 1 aliphatic heterocycles. The minimum Gasteiger partial charge on any atom is -0.345 e. The zero-order valence-corrected chi connectivity index (χ0v) is 17.1. The summed E-state index contributed by atoms with van der Waals surface area (Å²) in [5, 5.41) is 3.15. The summed E-state index contributed by atoms with van der Waals surface area (Å²) in [6, 6.07) is 19.4. The van der Waals surface area contributed by atoms with E-state index in [9.17, 15) is 13.2 Å². The fraction of sp³-hybridized carbons (Fsp3) is 0.381. The number of hydrogen-bond donors (Lipinski definition) is 1. The van der Waals surface area contributed by atoms with E-state index in [4.69, 9.17) is 0 Å². The van der Waals surface area contributed by atoms with Gasteiger partial charge >= 0.3 is 0 Å². The van der Waals surface area contributed by atoms with Crippen LogP contribution < -0.4 is 5.32 Å². The first kappa shape index (κ1) is 20.5. The fourth-order valence-electron chi connectivity index (χ4n) is 3.51. The third-order valence-corrected chi connectivity index (χ3v) is 7.00. The van der Waals surface area contributed by atoms with E-state index in [0.717, 1.165) is 11.1 Å². The van der Waals surface area contributed by atoms with Crippen molar-refractivity contribution in [3.05, 3.63) is 71.8 Å². The topological polar surface area (TPSA) is 69.7 Å². The van der Waals surface area contributed by atoms with Crippen molar-refractivity contribution in [1.82, 2.24) is 13.9 Å². The van der Waals surface area contributed by atoms with Crippen molar-refractivity contribution in [3.8, 4) is 0 Å². The van der Waals surface area contributed by atoms with Crippen LogP contribution in [0.5, 0.6) is 0 Å². The van der Waals surface area contributed by atoms with E-state index in [1.54, 1.807) is 0 Å². The maximum absolute atomic E-state index is 13.1. The van der Waals surface area contributed by atoms with Crippen LogP contribution in [0, 0.1) is 5.92 Å². The van der Waals surface area contributed by atoms with E-state index in [2.05, 4.69) is 5.32 Å². The van der Waals surface area contributed by atoms with Crippen LogP contribution in [0.4, 0.5) is 0 Å². The molecule has 3 rings (SSSR count). The van der Waals surface area contributed by atoms with Gasteiger partial charge in [0.25, 0.3) is 10.2 Å². The van der Waals surface area contributed by atoms with E-state index in [1.807, 2.05) is 60.7 Å². The van der Waals surface area contributed by atoms with Crippen LogP contribution >= 0.6 is 0 Å². The van der Waals surface area contributed by atoms with Crippen molar-refractivity contribution >= 4 is 16.1 Å². The van der Waals surface area contributed by atoms with Crippen LogP contribution in [0.15, 0.2) is 60.7 Å². The molecule has 1 fully saturated rings. The van der Waals surface area contributed by atoms with Gasteiger partial charge in [-0.2, -0.15) is 17.0 Å². The molecule has 1 aliphatic rings. The summed E-state index contributed by atoms with van der Waals surface area (Å²) in [4.78, 5) is 13.1. The molecule has 0 aliphatic carbocycles. The Labute approximate surface area is 167 Å². The summed E-state index contributed by atoms with van der Waals surface area (Å²) >= 11 is 0. The van der Waals surface area contributed by atoms with Crippen LogP contribution in [0.1, 0.15) is 30.0 Å². The van der Waals surface area contributed by atoms with Gasteiger partial charge in [0.1, 0.15) is 0 Å². The van der Waals surface area contributed by atoms with Gasteiger partial charge in [-0.25, -0.2) is 0 Å². The summed E-state index contributed by atoms with van der Waals surface area (Å²) in [5.74, 6) is -0.477. The lowest BCUT2D eigenvalue weighted by Gasteiger charge is -2.33. The summed E-state index contributed by atoms with van der Waals surface area (Å²) in [7, 11) is -0.485. The van der Waals surface area contributed by atoms with Crippen molar-refractivity contribution < 1.29 is 13.2 Å². The molecule has 1 heterocycles. The molecule has 28 heavy (non-hydrogen) atoms. The fourth-order valence-corrected chi connectivity index (χ4v) is 4.70. The Bertz CT molecular complexity index is 846. The molecule has 7 heteroatoms. The second-order valence-corrected chi connectivity index (χ2v) is 9.39. The first-order valence-electron chi connectivity index (χ1n) is 9.47. The average Bonchev–Trinajstić information content (AvgIpc) is 2.73. The van der Waals surface area contributed by atoms with Crippen molar-refractivity contribution in [2.45, 2.75) is 18.9 Å². The highest BCUT2D eigenvalue weighted by molar-refractivity contribution is 7.86. The largest absolute Gasteiger partial charge is 0.345 e. The maximum Gasteiger partial charge on any atom is 0.281 e. The molecule has 2 aromatic rings. The Kier molecular flexibility index (Phi) is 6.49. The van der Waals surface area contributed by atoms with Crippen LogP contribution in [0.3, 0.4) is 0 Å². The van der Waals surface area contributed by atoms with Gasteiger partial charge in [-0.1, -0.05) is 60.7 Å². The van der Waals surface area contributed by atoms with Crippen molar-refractivity contribution in [3.63, 3.8) is 0 Å². The molecular formula is C21H27N3O3S. The van der Waals surface area contributed by atoms with Gasteiger partial charge in [0, 0.05) is 27.2 Å². The van der Waals surface area contributed by atoms with E-state index >= 15 is 0 Å². The summed E-state index contributed by atoms with van der Waals surface area (Å²) < 4.78 is 27.5. The number of hydrogen-bond acceptors (Lipinski definition) is 3. The molecule has 6 nitrogen and oxygen atoms in total. The lowest BCUT2D eigenvalue weighted by atomic mass is 9.95. The predicted molar refractivity (Wildman–Crippen MR) is 110 cm³/mol. The zero-order chi connectivity index (χ0) is 20.1. The first-order chi connectivity index (χ1) is 13.4. The monoisotopic (exact) mass is 401 g/mol. The number of nitrogens with one attached hydrogen (secondary N) is 1. The number of piperidine rings is 1. The van der Waals surface area contributed by atoms with Gasteiger partial charge in [0.2, 0.25) is 5.91 Å². The van der Waals surface area contributed by atoms with Gasteiger partial charge in [0.05, 0.1) is 12.0 Å². The minimum atomic E-state index is -3.51. The molecule has 0 saturated carbocycles. The van der Waals surface area contributed by atoms with Crippen LogP contribution in [-0.2, 0) is 15.0 Å². The van der Waals surface area contributed by atoms with Crippen molar-refractivity contribution in [1.29, 1.82) is 0 Å². The molecule has 1 atom stereocenters. The average molecular weight is 402 g/mol. The highest BCUT2D eigenvalue weighted by atomic mass is 32.2. The SMILES string of the molecule is CN(C)S(=O)(=O)N1CCC[C@H](C(=O)NC(c2ccccc2)c2ccccc2)C1. The van der Waals surface area contributed by atoms with Crippen LogP contribution in [-0.4, -0.2) is 50.1 Å². The second-order valence-electron chi connectivity index (χ2n) is 7.25. The number of rotatable bonds is 6. The summed E-state index contributed by atoms with van der Waals surface area (Å²) in [6.45, 7) is 0.660. The molecule has 0 unspecified atom stereocenters. The smallest absolute Gasteiger partial charge is 0.281 e. The predicted octanol–water partition coefficient (Wildman–Crippen LogP) is 2.41. The van der Waals surface area contributed by atoms with Gasteiger partial charge in [-0.15, -0.1) is 0 Å². The van der Waals surface area contributed by atoms with Gasteiger partial charge in [0.15, 0.2) is 0 Å². The number of carbonyl (C=O) groups is 1. The molecule has 1 saturated heterocycles. The molecular weight excluding hydrogens is 374 g/mol. The Balaban J connectivity index is 1.79. The molecule has 0 aromatic heterocycles. The molecule has 150 valence electrons. The molecule has 0 radical (unpaired) electrons. The van der Waals surface area contributed by atoms with Crippen LogP contribution in [0.25, 0.3) is 0 Å². The quantitative estimate of drug-likeness (QED) is 0.808. The number of carbonyl (C=O) groups excluding carboxylic acids is 1. The normalized spacial score (nSPS) is 18.4. The van der Waals surface area contributed by atoms with E-state index < -0.39 is 10.2 Å². The first-order valence-corrected chi connectivity index (χ1v) is 10.9. The van der Waals surface area contributed by atoms with Crippen LogP contribution in [0.2, 0.25) is 0 Å². The lowest BCUT2D eigenvalue weighted by Crippen LogP contribution is -2.49. The highest BCUT2D eigenvalue weighted by Gasteiger charge is 2.34. The second kappa shape index (κ2) is 8.86. The Morgan fingerprint density at radius 2 is 1.57 bits per heavy atom. The standard InChI is InChI=1S/C21H27N3O3S/c1-23(2)28(26,27)24-15-9-14-19(16-24)21(25)22-20(17-10-5-3-6-11-17)18-12-7-4-8-13-18/h3-8,10-13,19-20H,9,14-16H2,1-2H3,(H,22,25)/t19-/m0/s1. The molecule has 0 bridgehead atoms. The third kappa shape index (κ3) is 4.60.